The molecule has 29 heavy (non-hydrogen) atoms. The van der Waals surface area contributed by atoms with Gasteiger partial charge in [0.25, 0.3) is 11.5 Å². The average Bonchev–Trinajstić information content (AvgIpc) is 2.72. The molecule has 0 aliphatic heterocycles. The second kappa shape index (κ2) is 11.0. The first-order valence-electron chi connectivity index (χ1n) is 9.16. The van der Waals surface area contributed by atoms with E-state index in [1.807, 2.05) is 0 Å². The summed E-state index contributed by atoms with van der Waals surface area (Å²) in [7, 11) is 3.04. The van der Waals surface area contributed by atoms with Crippen molar-refractivity contribution in [1.82, 2.24) is 15.1 Å². The van der Waals surface area contributed by atoms with Gasteiger partial charge in [0, 0.05) is 13.2 Å². The molecule has 9 nitrogen and oxygen atoms in total. The Morgan fingerprint density at radius 2 is 2.00 bits per heavy atom. The zero-order valence-corrected chi connectivity index (χ0v) is 16.7. The fraction of sp³-hybridized carbons (Fsp3) is 0.400. The Balaban J connectivity index is 2.26. The first kappa shape index (κ1) is 22.1. The van der Waals surface area contributed by atoms with Crippen LogP contribution in [0.25, 0.3) is 0 Å². The number of benzene rings is 1. The predicted molar refractivity (Wildman–Crippen MR) is 105 cm³/mol. The van der Waals surface area contributed by atoms with Gasteiger partial charge >= 0.3 is 5.97 Å². The summed E-state index contributed by atoms with van der Waals surface area (Å²) >= 11 is 0. The Morgan fingerprint density at radius 1 is 1.21 bits per heavy atom. The molecule has 2 aromatic rings. The molecule has 0 radical (unpaired) electrons. The highest BCUT2D eigenvalue weighted by Gasteiger charge is 2.21. The fourth-order valence-electron chi connectivity index (χ4n) is 2.64. The molecule has 2 rings (SSSR count). The van der Waals surface area contributed by atoms with Gasteiger partial charge in [-0.05, 0) is 30.7 Å². The molecule has 9 heteroatoms. The van der Waals surface area contributed by atoms with Crippen LogP contribution in [0.5, 0.6) is 5.75 Å². The Bertz CT molecular complexity index is 896. The van der Waals surface area contributed by atoms with Crippen LogP contribution in [0.3, 0.4) is 0 Å². The molecule has 1 aromatic heterocycles. The van der Waals surface area contributed by atoms with E-state index in [2.05, 4.69) is 10.4 Å². The molecule has 1 atom stereocenters. The highest BCUT2D eigenvalue weighted by Crippen LogP contribution is 2.22. The van der Waals surface area contributed by atoms with Gasteiger partial charge in [-0.2, -0.15) is 5.10 Å². The number of hydrogen-bond donors (Lipinski definition) is 1. The monoisotopic (exact) mass is 403 g/mol. The van der Waals surface area contributed by atoms with Crippen LogP contribution in [0.2, 0.25) is 0 Å². The van der Waals surface area contributed by atoms with Crippen molar-refractivity contribution in [3.05, 3.63) is 58.0 Å². The molecule has 0 bridgehead atoms. The van der Waals surface area contributed by atoms with E-state index in [0.717, 1.165) is 4.68 Å². The highest BCUT2D eigenvalue weighted by atomic mass is 16.5. The summed E-state index contributed by atoms with van der Waals surface area (Å²) in [4.78, 5) is 36.7. The number of nitrogens with zero attached hydrogens (tertiary/aromatic N) is 2. The molecule has 0 aliphatic rings. The lowest BCUT2D eigenvalue weighted by Gasteiger charge is -2.19. The number of rotatable bonds is 10. The molecule has 1 aromatic carbocycles. The molecule has 0 fully saturated rings. The van der Waals surface area contributed by atoms with E-state index in [1.54, 1.807) is 31.2 Å². The quantitative estimate of drug-likeness (QED) is 0.596. The number of carbonyl (C=O) groups excluding carboxylic acids is 2. The van der Waals surface area contributed by atoms with E-state index >= 15 is 0 Å². The van der Waals surface area contributed by atoms with Crippen molar-refractivity contribution >= 4 is 11.9 Å². The standard InChI is InChI=1S/C20H25N3O6/c1-4-29-19(25)13-17(14-6-5-7-15(12-14)28-3)21-20(26)16-8-9-18(24)23(22-16)10-11-27-2/h5-9,12,17H,4,10-11,13H2,1-3H3,(H,21,26)/t17-/m0/s1. The summed E-state index contributed by atoms with van der Waals surface area (Å²) in [6.45, 7) is 2.46. The van der Waals surface area contributed by atoms with Gasteiger partial charge in [0.1, 0.15) is 11.4 Å². The second-order valence-corrected chi connectivity index (χ2v) is 6.08. The topological polar surface area (TPSA) is 109 Å². The summed E-state index contributed by atoms with van der Waals surface area (Å²) in [5.41, 5.74) is 0.394. The van der Waals surface area contributed by atoms with Crippen LogP contribution in [0.15, 0.2) is 41.2 Å². The number of esters is 1. The van der Waals surface area contributed by atoms with Gasteiger partial charge in [0.2, 0.25) is 0 Å². The molecule has 1 heterocycles. The highest BCUT2D eigenvalue weighted by molar-refractivity contribution is 5.92. The van der Waals surface area contributed by atoms with E-state index in [1.165, 1.54) is 26.4 Å². The average molecular weight is 403 g/mol. The number of methoxy groups -OCH3 is 2. The fourth-order valence-corrected chi connectivity index (χ4v) is 2.64. The van der Waals surface area contributed by atoms with Crippen LogP contribution in [0.1, 0.15) is 35.4 Å². The van der Waals surface area contributed by atoms with Gasteiger partial charge in [0.05, 0.1) is 39.3 Å². The Kier molecular flexibility index (Phi) is 8.35. The third-order valence-corrected chi connectivity index (χ3v) is 4.08. The summed E-state index contributed by atoms with van der Waals surface area (Å²) in [6, 6.07) is 8.99. The molecule has 0 saturated heterocycles. The first-order chi connectivity index (χ1) is 14.0. The summed E-state index contributed by atoms with van der Waals surface area (Å²) in [5.74, 6) is -0.372. The lowest BCUT2D eigenvalue weighted by molar-refractivity contribution is -0.143. The van der Waals surface area contributed by atoms with Crippen LogP contribution in [-0.4, -0.2) is 49.1 Å². The SMILES string of the molecule is CCOC(=O)C[C@H](NC(=O)c1ccc(=O)n(CCOC)n1)c1cccc(OC)c1. The second-order valence-electron chi connectivity index (χ2n) is 6.08. The molecule has 1 amide bonds. The van der Waals surface area contributed by atoms with Gasteiger partial charge in [-0.3, -0.25) is 14.4 Å². The van der Waals surface area contributed by atoms with Crippen molar-refractivity contribution in [1.29, 1.82) is 0 Å². The van der Waals surface area contributed by atoms with Gasteiger partial charge in [-0.15, -0.1) is 0 Å². The van der Waals surface area contributed by atoms with Crippen LogP contribution in [-0.2, 0) is 20.8 Å². The van der Waals surface area contributed by atoms with E-state index in [-0.39, 0.29) is 37.4 Å². The number of nitrogens with one attached hydrogen (secondary N) is 1. The van der Waals surface area contributed by atoms with Gasteiger partial charge in [-0.25, -0.2) is 4.68 Å². The minimum absolute atomic E-state index is 0.0532. The van der Waals surface area contributed by atoms with Crippen molar-refractivity contribution in [3.8, 4) is 5.75 Å². The molecule has 156 valence electrons. The first-order valence-corrected chi connectivity index (χ1v) is 9.16. The number of ether oxygens (including phenoxy) is 3. The number of hydrogen-bond acceptors (Lipinski definition) is 7. The maximum Gasteiger partial charge on any atom is 0.308 e. The van der Waals surface area contributed by atoms with Crippen LogP contribution in [0, 0.1) is 0 Å². The third kappa shape index (κ3) is 6.42. The van der Waals surface area contributed by atoms with Crippen molar-refractivity contribution < 1.29 is 23.8 Å². The number of amides is 1. The molecule has 0 unspecified atom stereocenters. The Labute approximate surface area is 168 Å². The van der Waals surface area contributed by atoms with Crippen LogP contribution >= 0.6 is 0 Å². The van der Waals surface area contributed by atoms with Crippen molar-refractivity contribution in [2.75, 3.05) is 27.4 Å². The molecular formula is C20H25N3O6. The zero-order chi connectivity index (χ0) is 21.2. The van der Waals surface area contributed by atoms with E-state index in [9.17, 15) is 14.4 Å². The lowest BCUT2D eigenvalue weighted by Crippen LogP contribution is -2.33. The van der Waals surface area contributed by atoms with E-state index in [0.29, 0.717) is 11.3 Å². The largest absolute Gasteiger partial charge is 0.497 e. The number of carbonyl (C=O) groups is 2. The van der Waals surface area contributed by atoms with Gasteiger partial charge in [0.15, 0.2) is 0 Å². The maximum absolute atomic E-state index is 12.8. The normalized spacial score (nSPS) is 11.6. The molecule has 1 N–H and O–H groups in total. The summed E-state index contributed by atoms with van der Waals surface area (Å²) < 4.78 is 16.3. The lowest BCUT2D eigenvalue weighted by atomic mass is 10.0. The summed E-state index contributed by atoms with van der Waals surface area (Å²) in [6.07, 6.45) is -0.0595. The predicted octanol–water partition coefficient (Wildman–Crippen LogP) is 1.32. The smallest absolute Gasteiger partial charge is 0.308 e. The van der Waals surface area contributed by atoms with Crippen molar-refractivity contribution in [2.45, 2.75) is 25.9 Å². The zero-order valence-electron chi connectivity index (χ0n) is 16.7. The minimum atomic E-state index is -0.655. The van der Waals surface area contributed by atoms with Gasteiger partial charge < -0.3 is 19.5 Å². The maximum atomic E-state index is 12.8. The van der Waals surface area contributed by atoms with Crippen molar-refractivity contribution in [2.24, 2.45) is 0 Å². The number of aromatic nitrogens is 2. The molecular weight excluding hydrogens is 378 g/mol. The Hall–Kier alpha value is -3.20. The van der Waals surface area contributed by atoms with E-state index < -0.39 is 17.9 Å². The minimum Gasteiger partial charge on any atom is -0.497 e. The van der Waals surface area contributed by atoms with Crippen LogP contribution < -0.4 is 15.6 Å². The van der Waals surface area contributed by atoms with Crippen LogP contribution in [0.4, 0.5) is 0 Å². The van der Waals surface area contributed by atoms with Gasteiger partial charge in [-0.1, -0.05) is 12.1 Å². The molecule has 0 spiro atoms. The Morgan fingerprint density at radius 3 is 2.69 bits per heavy atom. The van der Waals surface area contributed by atoms with E-state index in [4.69, 9.17) is 14.2 Å². The molecule has 0 saturated carbocycles. The third-order valence-electron chi connectivity index (χ3n) is 4.08. The molecule has 0 aliphatic carbocycles. The van der Waals surface area contributed by atoms with Crippen molar-refractivity contribution in [3.63, 3.8) is 0 Å². The summed E-state index contributed by atoms with van der Waals surface area (Å²) in [5, 5.41) is 6.87.